The van der Waals surface area contributed by atoms with Crippen molar-refractivity contribution in [3.63, 3.8) is 0 Å². The van der Waals surface area contributed by atoms with Gasteiger partial charge in [0.15, 0.2) is 0 Å². The van der Waals surface area contributed by atoms with Crippen LogP contribution in [0.2, 0.25) is 0 Å². The van der Waals surface area contributed by atoms with Crippen molar-refractivity contribution in [1.29, 1.82) is 0 Å². The smallest absolute Gasteiger partial charge is 0.238 e. The largest absolute Gasteiger partial charge is 0.492 e. The van der Waals surface area contributed by atoms with Gasteiger partial charge in [0.25, 0.3) is 0 Å². The summed E-state index contributed by atoms with van der Waals surface area (Å²) in [6.45, 7) is 5.54. The number of sulfonamides is 1. The van der Waals surface area contributed by atoms with Gasteiger partial charge in [-0.15, -0.1) is 0 Å². The van der Waals surface area contributed by atoms with Crippen molar-refractivity contribution in [3.05, 3.63) is 23.8 Å². The number of hydrogen-bond donors (Lipinski definition) is 1. The van der Waals surface area contributed by atoms with Gasteiger partial charge in [-0.1, -0.05) is 0 Å². The number of hydrogen-bond acceptors (Lipinski definition) is 4. The molecule has 0 aliphatic carbocycles. The summed E-state index contributed by atoms with van der Waals surface area (Å²) in [4.78, 5) is 2.52. The average molecular weight is 284 g/mol. The zero-order chi connectivity index (χ0) is 13.9. The minimum Gasteiger partial charge on any atom is -0.492 e. The summed E-state index contributed by atoms with van der Waals surface area (Å²) in [7, 11) is -3.65. The fraction of sp³-hybridized carbons (Fsp3) is 0.538. The van der Waals surface area contributed by atoms with Crippen LogP contribution >= 0.6 is 0 Å². The van der Waals surface area contributed by atoms with E-state index in [0.717, 1.165) is 19.6 Å². The number of nitrogens with zero attached hydrogens (tertiary/aromatic N) is 1. The molecule has 1 aliphatic heterocycles. The number of ether oxygens (including phenoxy) is 1. The van der Waals surface area contributed by atoms with Gasteiger partial charge in [-0.25, -0.2) is 13.6 Å². The van der Waals surface area contributed by atoms with Crippen LogP contribution in [-0.2, 0) is 10.0 Å². The molecule has 1 aliphatic rings. The van der Waals surface area contributed by atoms with Crippen LogP contribution in [0.25, 0.3) is 0 Å². The topological polar surface area (TPSA) is 72.6 Å². The lowest BCUT2D eigenvalue weighted by molar-refractivity contribution is 0.237. The van der Waals surface area contributed by atoms with Crippen LogP contribution < -0.4 is 9.88 Å². The molecular formula is C13H20N2O3S. The van der Waals surface area contributed by atoms with Crippen LogP contribution in [0.1, 0.15) is 18.4 Å². The third kappa shape index (κ3) is 3.92. The lowest BCUT2D eigenvalue weighted by atomic mass is 10.2. The molecule has 0 aromatic heterocycles. The summed E-state index contributed by atoms with van der Waals surface area (Å²) in [5, 5.41) is 5.12. The Morgan fingerprint density at radius 2 is 2.00 bits per heavy atom. The van der Waals surface area contributed by atoms with E-state index in [9.17, 15) is 8.42 Å². The maximum Gasteiger partial charge on any atom is 0.238 e. The van der Waals surface area contributed by atoms with E-state index < -0.39 is 10.0 Å². The van der Waals surface area contributed by atoms with Gasteiger partial charge < -0.3 is 4.74 Å². The number of likely N-dealkylation sites (tertiary alicyclic amines) is 1. The molecule has 0 saturated carbocycles. The van der Waals surface area contributed by atoms with Crippen molar-refractivity contribution in [3.8, 4) is 5.75 Å². The first-order valence-corrected chi connectivity index (χ1v) is 8.00. The molecule has 2 rings (SSSR count). The molecule has 0 atom stereocenters. The highest BCUT2D eigenvalue weighted by Crippen LogP contribution is 2.20. The lowest BCUT2D eigenvalue weighted by Gasteiger charge is -2.15. The Bertz CT molecular complexity index is 537. The van der Waals surface area contributed by atoms with E-state index in [2.05, 4.69) is 4.90 Å². The van der Waals surface area contributed by atoms with Gasteiger partial charge in [-0.3, -0.25) is 4.90 Å². The Hall–Kier alpha value is -1.11. The summed E-state index contributed by atoms with van der Waals surface area (Å²) >= 11 is 0. The molecule has 1 aromatic rings. The van der Waals surface area contributed by atoms with Crippen LogP contribution in [0.4, 0.5) is 0 Å². The molecule has 0 unspecified atom stereocenters. The highest BCUT2D eigenvalue weighted by Gasteiger charge is 2.13. The van der Waals surface area contributed by atoms with E-state index in [-0.39, 0.29) is 4.90 Å². The van der Waals surface area contributed by atoms with Gasteiger partial charge in [-0.2, -0.15) is 0 Å². The summed E-state index contributed by atoms with van der Waals surface area (Å²) in [5.41, 5.74) is 0.612. The van der Waals surface area contributed by atoms with Crippen LogP contribution in [0.5, 0.6) is 5.75 Å². The minimum absolute atomic E-state index is 0.152. The fourth-order valence-corrected chi connectivity index (χ4v) is 3.10. The van der Waals surface area contributed by atoms with E-state index in [1.54, 1.807) is 19.1 Å². The molecule has 1 heterocycles. The molecule has 2 N–H and O–H groups in total. The molecule has 6 heteroatoms. The number of primary sulfonamides is 1. The molecule has 0 spiro atoms. The van der Waals surface area contributed by atoms with Gasteiger partial charge in [0.1, 0.15) is 12.4 Å². The average Bonchev–Trinajstić information content (AvgIpc) is 2.80. The third-order valence-electron chi connectivity index (χ3n) is 3.33. The second-order valence-corrected chi connectivity index (χ2v) is 6.40. The van der Waals surface area contributed by atoms with Crippen molar-refractivity contribution in [2.24, 2.45) is 5.14 Å². The molecule has 5 nitrogen and oxygen atoms in total. The molecule has 1 aromatic carbocycles. The molecular weight excluding hydrogens is 264 g/mol. The maximum absolute atomic E-state index is 11.3. The van der Waals surface area contributed by atoms with E-state index >= 15 is 0 Å². The molecule has 1 saturated heterocycles. The van der Waals surface area contributed by atoms with Crippen LogP contribution in [-0.4, -0.2) is 39.6 Å². The van der Waals surface area contributed by atoms with Gasteiger partial charge in [0, 0.05) is 6.54 Å². The highest BCUT2D eigenvalue weighted by atomic mass is 32.2. The minimum atomic E-state index is -3.65. The predicted octanol–water partition coefficient (Wildman–Crippen LogP) is 1.12. The monoisotopic (exact) mass is 284 g/mol. The normalized spacial score (nSPS) is 16.7. The van der Waals surface area contributed by atoms with Crippen molar-refractivity contribution >= 4 is 10.0 Å². The first-order valence-electron chi connectivity index (χ1n) is 6.45. The second-order valence-electron chi connectivity index (χ2n) is 4.87. The van der Waals surface area contributed by atoms with Crippen LogP contribution in [0, 0.1) is 6.92 Å². The Morgan fingerprint density at radius 3 is 2.58 bits per heavy atom. The quantitative estimate of drug-likeness (QED) is 0.879. The predicted molar refractivity (Wildman–Crippen MR) is 73.7 cm³/mol. The molecule has 106 valence electrons. The van der Waals surface area contributed by atoms with Crippen molar-refractivity contribution in [2.75, 3.05) is 26.2 Å². The van der Waals surface area contributed by atoms with Gasteiger partial charge in [0.2, 0.25) is 10.0 Å². The summed E-state index contributed by atoms with van der Waals surface area (Å²) in [5.74, 6) is 0.684. The zero-order valence-electron chi connectivity index (χ0n) is 11.1. The summed E-state index contributed by atoms with van der Waals surface area (Å²) < 4.78 is 28.2. The Morgan fingerprint density at radius 1 is 1.32 bits per heavy atom. The maximum atomic E-state index is 11.3. The zero-order valence-corrected chi connectivity index (χ0v) is 11.9. The van der Waals surface area contributed by atoms with Crippen molar-refractivity contribution < 1.29 is 13.2 Å². The third-order valence-corrected chi connectivity index (χ3v) is 4.40. The van der Waals surface area contributed by atoms with Crippen LogP contribution in [0.3, 0.4) is 0 Å². The first kappa shape index (κ1) is 14.3. The van der Waals surface area contributed by atoms with E-state index in [4.69, 9.17) is 9.88 Å². The number of benzene rings is 1. The van der Waals surface area contributed by atoms with E-state index in [1.807, 2.05) is 0 Å². The molecule has 1 fully saturated rings. The van der Waals surface area contributed by atoms with E-state index in [1.165, 1.54) is 18.9 Å². The summed E-state index contributed by atoms with van der Waals surface area (Å²) in [6.07, 6.45) is 2.53. The molecule has 0 amide bonds. The van der Waals surface area contributed by atoms with Gasteiger partial charge in [0.05, 0.1) is 4.90 Å². The highest BCUT2D eigenvalue weighted by molar-refractivity contribution is 7.89. The SMILES string of the molecule is Cc1cc(OCCN2CCCC2)ccc1S(N)(=O)=O. The number of nitrogens with two attached hydrogens (primary N) is 1. The Labute approximate surface area is 114 Å². The van der Waals surface area contributed by atoms with Crippen molar-refractivity contribution in [2.45, 2.75) is 24.7 Å². The summed E-state index contributed by atoms with van der Waals surface area (Å²) in [6, 6.07) is 4.86. The lowest BCUT2D eigenvalue weighted by Crippen LogP contribution is -2.25. The fourth-order valence-electron chi connectivity index (χ4n) is 2.33. The molecule has 19 heavy (non-hydrogen) atoms. The number of aryl methyl sites for hydroxylation is 1. The molecule has 0 radical (unpaired) electrons. The van der Waals surface area contributed by atoms with Crippen LogP contribution in [0.15, 0.2) is 23.1 Å². The van der Waals surface area contributed by atoms with Gasteiger partial charge >= 0.3 is 0 Å². The standard InChI is InChI=1S/C13H20N2O3S/c1-11-10-12(4-5-13(11)19(14,16)17)18-9-8-15-6-2-3-7-15/h4-5,10H,2-3,6-9H2,1H3,(H2,14,16,17). The first-order chi connectivity index (χ1) is 8.97. The Balaban J connectivity index is 1.92. The van der Waals surface area contributed by atoms with Crippen molar-refractivity contribution in [1.82, 2.24) is 4.90 Å². The van der Waals surface area contributed by atoms with E-state index in [0.29, 0.717) is 17.9 Å². The Kier molecular flexibility index (Phi) is 4.44. The second kappa shape index (κ2) is 5.90. The van der Waals surface area contributed by atoms with Gasteiger partial charge in [-0.05, 0) is 56.6 Å². The molecule has 0 bridgehead atoms. The number of rotatable bonds is 5.